The second-order valence-corrected chi connectivity index (χ2v) is 4.40. The minimum absolute atomic E-state index is 0.145. The zero-order valence-corrected chi connectivity index (χ0v) is 11.9. The van der Waals surface area contributed by atoms with E-state index >= 15 is 0 Å². The predicted octanol–water partition coefficient (Wildman–Crippen LogP) is 2.50. The summed E-state index contributed by atoms with van der Waals surface area (Å²) >= 11 is 0. The third kappa shape index (κ3) is 4.81. The SMILES string of the molecule is O=C(O)COc1ccc([N+](=O)[O-])cc1C=NNc1ccccc1. The van der Waals surface area contributed by atoms with Gasteiger partial charge in [0.25, 0.3) is 5.69 Å². The molecule has 0 bridgehead atoms. The number of non-ortho nitro benzene ring substituents is 1. The number of benzene rings is 2. The molecule has 0 atom stereocenters. The molecule has 0 aromatic heterocycles. The maximum Gasteiger partial charge on any atom is 0.341 e. The van der Waals surface area contributed by atoms with E-state index in [4.69, 9.17) is 9.84 Å². The number of nitrogens with zero attached hydrogens (tertiary/aromatic N) is 2. The lowest BCUT2D eigenvalue weighted by atomic mass is 10.2. The summed E-state index contributed by atoms with van der Waals surface area (Å²) in [6.45, 7) is -0.551. The number of carboxylic acids is 1. The van der Waals surface area contributed by atoms with Crippen molar-refractivity contribution in [2.45, 2.75) is 0 Å². The molecule has 118 valence electrons. The lowest BCUT2D eigenvalue weighted by Gasteiger charge is -2.07. The number of aliphatic carboxylic acids is 1. The van der Waals surface area contributed by atoms with Gasteiger partial charge in [-0.2, -0.15) is 5.10 Å². The third-order valence-electron chi connectivity index (χ3n) is 2.73. The lowest BCUT2D eigenvalue weighted by molar-refractivity contribution is -0.384. The van der Waals surface area contributed by atoms with E-state index in [1.165, 1.54) is 24.4 Å². The van der Waals surface area contributed by atoms with Crippen molar-refractivity contribution in [2.75, 3.05) is 12.0 Å². The van der Waals surface area contributed by atoms with Crippen molar-refractivity contribution < 1.29 is 19.6 Å². The number of nitro benzene ring substituents is 1. The van der Waals surface area contributed by atoms with Gasteiger partial charge >= 0.3 is 5.97 Å². The molecule has 0 fully saturated rings. The van der Waals surface area contributed by atoms with E-state index in [2.05, 4.69) is 10.5 Å². The molecule has 0 aliphatic heterocycles. The summed E-state index contributed by atoms with van der Waals surface area (Å²) in [7, 11) is 0. The fourth-order valence-corrected chi connectivity index (χ4v) is 1.71. The number of hydrogen-bond donors (Lipinski definition) is 2. The van der Waals surface area contributed by atoms with Crippen LogP contribution < -0.4 is 10.2 Å². The summed E-state index contributed by atoms with van der Waals surface area (Å²) in [6, 6.07) is 12.9. The Kier molecular flexibility index (Phi) is 5.24. The van der Waals surface area contributed by atoms with Gasteiger partial charge in [-0.3, -0.25) is 15.5 Å². The van der Waals surface area contributed by atoms with Gasteiger partial charge in [0.15, 0.2) is 6.61 Å². The first-order chi connectivity index (χ1) is 11.1. The van der Waals surface area contributed by atoms with Crippen molar-refractivity contribution in [1.82, 2.24) is 0 Å². The van der Waals surface area contributed by atoms with Crippen LogP contribution in [0.5, 0.6) is 5.75 Å². The molecule has 0 amide bonds. The lowest BCUT2D eigenvalue weighted by Crippen LogP contribution is -2.10. The zero-order chi connectivity index (χ0) is 16.7. The molecule has 8 heteroatoms. The van der Waals surface area contributed by atoms with Crippen LogP contribution in [0.25, 0.3) is 0 Å². The molecule has 2 aromatic carbocycles. The van der Waals surface area contributed by atoms with Crippen LogP contribution in [0.4, 0.5) is 11.4 Å². The Labute approximate surface area is 131 Å². The van der Waals surface area contributed by atoms with E-state index in [1.807, 2.05) is 18.2 Å². The summed E-state index contributed by atoms with van der Waals surface area (Å²) < 4.78 is 5.09. The van der Waals surface area contributed by atoms with Crippen molar-refractivity contribution in [3.63, 3.8) is 0 Å². The highest BCUT2D eigenvalue weighted by Crippen LogP contribution is 2.23. The average Bonchev–Trinajstić information content (AvgIpc) is 2.54. The van der Waals surface area contributed by atoms with Crippen molar-refractivity contribution in [2.24, 2.45) is 5.10 Å². The van der Waals surface area contributed by atoms with Gasteiger partial charge in [-0.25, -0.2) is 4.79 Å². The molecule has 0 aliphatic carbocycles. The van der Waals surface area contributed by atoms with E-state index in [9.17, 15) is 14.9 Å². The van der Waals surface area contributed by atoms with E-state index in [0.29, 0.717) is 5.56 Å². The first kappa shape index (κ1) is 16.0. The van der Waals surface area contributed by atoms with Gasteiger partial charge in [-0.1, -0.05) is 18.2 Å². The fraction of sp³-hybridized carbons (Fsp3) is 0.0667. The van der Waals surface area contributed by atoms with Gasteiger partial charge in [0.1, 0.15) is 5.75 Å². The molecule has 23 heavy (non-hydrogen) atoms. The number of anilines is 1. The molecule has 0 spiro atoms. The van der Waals surface area contributed by atoms with Crippen LogP contribution in [0.1, 0.15) is 5.56 Å². The van der Waals surface area contributed by atoms with Gasteiger partial charge in [0.2, 0.25) is 0 Å². The van der Waals surface area contributed by atoms with Crippen molar-refractivity contribution in [3.05, 3.63) is 64.2 Å². The van der Waals surface area contributed by atoms with Gasteiger partial charge < -0.3 is 9.84 Å². The van der Waals surface area contributed by atoms with Gasteiger partial charge in [0, 0.05) is 17.7 Å². The average molecular weight is 315 g/mol. The molecule has 2 rings (SSSR count). The van der Waals surface area contributed by atoms with Crippen molar-refractivity contribution in [3.8, 4) is 5.75 Å². The minimum Gasteiger partial charge on any atom is -0.481 e. The van der Waals surface area contributed by atoms with Crippen LogP contribution in [0.2, 0.25) is 0 Å². The van der Waals surface area contributed by atoms with Crippen molar-refractivity contribution >= 4 is 23.6 Å². The van der Waals surface area contributed by atoms with E-state index in [1.54, 1.807) is 12.1 Å². The minimum atomic E-state index is -1.14. The summed E-state index contributed by atoms with van der Waals surface area (Å²) in [5.41, 5.74) is 3.65. The first-order valence-corrected chi connectivity index (χ1v) is 6.53. The normalized spacial score (nSPS) is 10.4. The number of nitro groups is 1. The highest BCUT2D eigenvalue weighted by atomic mass is 16.6. The Morgan fingerprint density at radius 1 is 1.30 bits per heavy atom. The molecule has 2 aromatic rings. The molecule has 8 nitrogen and oxygen atoms in total. The maximum absolute atomic E-state index is 10.8. The number of carbonyl (C=O) groups is 1. The van der Waals surface area contributed by atoms with Gasteiger partial charge in [-0.15, -0.1) is 0 Å². The summed E-state index contributed by atoms with van der Waals surface area (Å²) in [5, 5.41) is 23.5. The van der Waals surface area contributed by atoms with Crippen LogP contribution in [0.3, 0.4) is 0 Å². The molecule has 0 unspecified atom stereocenters. The fourth-order valence-electron chi connectivity index (χ4n) is 1.71. The molecule has 0 saturated carbocycles. The first-order valence-electron chi connectivity index (χ1n) is 6.53. The smallest absolute Gasteiger partial charge is 0.341 e. The van der Waals surface area contributed by atoms with Gasteiger partial charge in [-0.05, 0) is 18.2 Å². The molecule has 0 saturated heterocycles. The Morgan fingerprint density at radius 3 is 2.70 bits per heavy atom. The van der Waals surface area contributed by atoms with Crippen molar-refractivity contribution in [1.29, 1.82) is 0 Å². The maximum atomic E-state index is 10.8. The number of para-hydroxylation sites is 1. The number of carboxylic acid groups (broad SMARTS) is 1. The highest BCUT2D eigenvalue weighted by Gasteiger charge is 2.11. The van der Waals surface area contributed by atoms with Crippen LogP contribution >= 0.6 is 0 Å². The second kappa shape index (κ2) is 7.55. The van der Waals surface area contributed by atoms with Crippen LogP contribution in [-0.2, 0) is 4.79 Å². The van der Waals surface area contributed by atoms with Crippen LogP contribution in [0, 0.1) is 10.1 Å². The van der Waals surface area contributed by atoms with E-state index in [0.717, 1.165) is 5.69 Å². The monoisotopic (exact) mass is 315 g/mol. The molecular weight excluding hydrogens is 302 g/mol. The summed E-state index contributed by atoms with van der Waals surface area (Å²) in [6.07, 6.45) is 1.33. The van der Waals surface area contributed by atoms with Gasteiger partial charge in [0.05, 0.1) is 16.8 Å². The number of nitrogens with one attached hydrogen (secondary N) is 1. The zero-order valence-electron chi connectivity index (χ0n) is 11.9. The topological polar surface area (TPSA) is 114 Å². The Bertz CT molecular complexity index is 731. The Morgan fingerprint density at radius 2 is 2.04 bits per heavy atom. The van der Waals surface area contributed by atoms with Crippen LogP contribution in [-0.4, -0.2) is 28.8 Å². The number of hydrogen-bond acceptors (Lipinski definition) is 6. The second-order valence-electron chi connectivity index (χ2n) is 4.40. The number of ether oxygens (including phenoxy) is 1. The quantitative estimate of drug-likeness (QED) is 0.461. The Balaban J connectivity index is 2.20. The Hall–Kier alpha value is -3.42. The third-order valence-corrected chi connectivity index (χ3v) is 2.73. The molecule has 0 aliphatic rings. The van der Waals surface area contributed by atoms with E-state index in [-0.39, 0.29) is 11.4 Å². The standard InChI is InChI=1S/C15H13N3O5/c19-15(20)10-23-14-7-6-13(18(21)22)8-11(14)9-16-17-12-4-2-1-3-5-12/h1-9,17H,10H2,(H,19,20). The number of hydrazone groups is 1. The molecule has 0 radical (unpaired) electrons. The largest absolute Gasteiger partial charge is 0.481 e. The predicted molar refractivity (Wildman–Crippen MR) is 83.9 cm³/mol. The molecule has 2 N–H and O–H groups in total. The summed E-state index contributed by atoms with van der Waals surface area (Å²) in [4.78, 5) is 20.9. The van der Waals surface area contributed by atoms with Crippen LogP contribution in [0.15, 0.2) is 53.6 Å². The summed E-state index contributed by atoms with van der Waals surface area (Å²) in [5.74, 6) is -0.953. The van der Waals surface area contributed by atoms with E-state index < -0.39 is 17.5 Å². The molecule has 0 heterocycles. The highest BCUT2D eigenvalue weighted by molar-refractivity contribution is 5.85. The number of rotatable bonds is 7. The molecular formula is C15H13N3O5.